The highest BCUT2D eigenvalue weighted by Gasteiger charge is 2.19. The van der Waals surface area contributed by atoms with E-state index in [0.717, 1.165) is 37.0 Å². The number of nitrogens with one attached hydrogen (secondary N) is 1. The average Bonchev–Trinajstić information content (AvgIpc) is 2.84. The van der Waals surface area contributed by atoms with Crippen LogP contribution in [-0.2, 0) is 13.1 Å². The maximum Gasteiger partial charge on any atom is 0.151 e. The highest BCUT2D eigenvalue weighted by atomic mass is 16.5. The molecule has 4 heteroatoms. The second-order valence-electron chi connectivity index (χ2n) is 5.22. The minimum absolute atomic E-state index is 0.803. The Balaban J connectivity index is 1.83. The van der Waals surface area contributed by atoms with E-state index in [1.807, 2.05) is 0 Å². The van der Waals surface area contributed by atoms with E-state index in [-0.39, 0.29) is 0 Å². The van der Waals surface area contributed by atoms with Crippen LogP contribution >= 0.6 is 0 Å². The number of hydrogen-bond acceptors (Lipinski definition) is 4. The van der Waals surface area contributed by atoms with Crippen LogP contribution < -0.4 is 5.32 Å². The summed E-state index contributed by atoms with van der Waals surface area (Å²) in [4.78, 5) is 2.50. The number of hydrogen-bond donors (Lipinski definition) is 1. The molecule has 1 atom stereocenters. The first-order chi connectivity index (χ1) is 8.81. The SMILES string of the molecule is CCNCc1cc(CN2CCCC(CC)C2)on1. The topological polar surface area (TPSA) is 41.3 Å². The number of rotatable bonds is 6. The van der Waals surface area contributed by atoms with Gasteiger partial charge in [-0.1, -0.05) is 25.4 Å². The van der Waals surface area contributed by atoms with Crippen molar-refractivity contribution in [3.63, 3.8) is 0 Å². The van der Waals surface area contributed by atoms with Gasteiger partial charge in [0.25, 0.3) is 0 Å². The van der Waals surface area contributed by atoms with Crippen LogP contribution in [0.1, 0.15) is 44.6 Å². The van der Waals surface area contributed by atoms with Crippen LogP contribution in [0.5, 0.6) is 0 Å². The van der Waals surface area contributed by atoms with Gasteiger partial charge in [0.1, 0.15) is 0 Å². The Morgan fingerprint density at radius 3 is 3.17 bits per heavy atom. The molecule has 102 valence electrons. The van der Waals surface area contributed by atoms with Crippen LogP contribution in [0.2, 0.25) is 0 Å². The summed E-state index contributed by atoms with van der Waals surface area (Å²) in [6.45, 7) is 9.47. The van der Waals surface area contributed by atoms with Crippen molar-refractivity contribution in [3.05, 3.63) is 17.5 Å². The summed E-state index contributed by atoms with van der Waals surface area (Å²) >= 11 is 0. The molecule has 4 nitrogen and oxygen atoms in total. The van der Waals surface area contributed by atoms with Gasteiger partial charge in [-0.25, -0.2) is 0 Å². The monoisotopic (exact) mass is 251 g/mol. The zero-order chi connectivity index (χ0) is 12.8. The fourth-order valence-corrected chi connectivity index (χ4v) is 2.62. The summed E-state index contributed by atoms with van der Waals surface area (Å²) in [5, 5.41) is 7.36. The van der Waals surface area contributed by atoms with Gasteiger partial charge in [-0.2, -0.15) is 0 Å². The minimum Gasteiger partial charge on any atom is -0.360 e. The van der Waals surface area contributed by atoms with Crippen LogP contribution in [0.15, 0.2) is 10.6 Å². The number of likely N-dealkylation sites (tertiary alicyclic amines) is 1. The van der Waals surface area contributed by atoms with Crippen molar-refractivity contribution in [2.45, 2.75) is 46.2 Å². The smallest absolute Gasteiger partial charge is 0.151 e. The molecule has 1 N–H and O–H groups in total. The van der Waals surface area contributed by atoms with Crippen LogP contribution in [0.4, 0.5) is 0 Å². The number of piperidine rings is 1. The van der Waals surface area contributed by atoms with E-state index in [9.17, 15) is 0 Å². The molecular weight excluding hydrogens is 226 g/mol. The van der Waals surface area contributed by atoms with Gasteiger partial charge in [0.2, 0.25) is 0 Å². The third-order valence-electron chi connectivity index (χ3n) is 3.72. The predicted molar refractivity (Wildman–Crippen MR) is 72.2 cm³/mol. The zero-order valence-corrected chi connectivity index (χ0v) is 11.6. The van der Waals surface area contributed by atoms with E-state index in [0.29, 0.717) is 0 Å². The van der Waals surface area contributed by atoms with Crippen LogP contribution in [0, 0.1) is 5.92 Å². The molecule has 0 amide bonds. The second kappa shape index (κ2) is 6.90. The third kappa shape index (κ3) is 3.82. The molecule has 0 aliphatic carbocycles. The molecule has 0 aromatic carbocycles. The van der Waals surface area contributed by atoms with E-state index in [2.05, 4.69) is 35.3 Å². The first-order valence-corrected chi connectivity index (χ1v) is 7.19. The lowest BCUT2D eigenvalue weighted by atomic mass is 9.96. The molecule has 1 aliphatic heterocycles. The van der Waals surface area contributed by atoms with Gasteiger partial charge < -0.3 is 9.84 Å². The molecule has 18 heavy (non-hydrogen) atoms. The highest BCUT2D eigenvalue weighted by Crippen LogP contribution is 2.20. The molecule has 1 aromatic heterocycles. The molecule has 0 radical (unpaired) electrons. The van der Waals surface area contributed by atoms with E-state index in [1.54, 1.807) is 0 Å². The summed E-state index contributed by atoms with van der Waals surface area (Å²) in [7, 11) is 0. The summed E-state index contributed by atoms with van der Waals surface area (Å²) in [5.74, 6) is 1.86. The summed E-state index contributed by atoms with van der Waals surface area (Å²) in [5.41, 5.74) is 1.01. The Bertz CT molecular complexity index is 351. The van der Waals surface area contributed by atoms with Gasteiger partial charge in [0, 0.05) is 19.2 Å². The van der Waals surface area contributed by atoms with E-state index >= 15 is 0 Å². The number of aromatic nitrogens is 1. The Kier molecular flexibility index (Phi) is 5.20. The predicted octanol–water partition coefficient (Wildman–Crippen LogP) is 2.41. The van der Waals surface area contributed by atoms with Crippen molar-refractivity contribution in [2.24, 2.45) is 5.92 Å². The van der Waals surface area contributed by atoms with Gasteiger partial charge in [0.05, 0.1) is 12.2 Å². The summed E-state index contributed by atoms with van der Waals surface area (Å²) < 4.78 is 5.40. The Morgan fingerprint density at radius 1 is 1.50 bits per heavy atom. The summed E-state index contributed by atoms with van der Waals surface area (Å²) in [6.07, 6.45) is 3.99. The largest absolute Gasteiger partial charge is 0.360 e. The van der Waals surface area contributed by atoms with Gasteiger partial charge in [-0.3, -0.25) is 4.90 Å². The molecule has 1 aromatic rings. The molecule has 1 unspecified atom stereocenters. The fourth-order valence-electron chi connectivity index (χ4n) is 2.62. The van der Waals surface area contributed by atoms with E-state index in [4.69, 9.17) is 4.52 Å². The van der Waals surface area contributed by atoms with Crippen molar-refractivity contribution < 1.29 is 4.52 Å². The van der Waals surface area contributed by atoms with Crippen LogP contribution in [-0.4, -0.2) is 29.7 Å². The van der Waals surface area contributed by atoms with Gasteiger partial charge >= 0.3 is 0 Å². The van der Waals surface area contributed by atoms with Crippen LogP contribution in [0.25, 0.3) is 0 Å². The molecule has 1 fully saturated rings. The molecule has 0 bridgehead atoms. The molecule has 2 rings (SSSR count). The normalized spacial score (nSPS) is 21.3. The van der Waals surface area contributed by atoms with Crippen molar-refractivity contribution in [1.29, 1.82) is 0 Å². The molecule has 2 heterocycles. The van der Waals surface area contributed by atoms with Crippen molar-refractivity contribution >= 4 is 0 Å². The quantitative estimate of drug-likeness (QED) is 0.843. The Hall–Kier alpha value is -0.870. The lowest BCUT2D eigenvalue weighted by Crippen LogP contribution is -2.34. The maximum absolute atomic E-state index is 5.40. The summed E-state index contributed by atoms with van der Waals surface area (Å²) in [6, 6.07) is 2.08. The maximum atomic E-state index is 5.40. The standard InChI is InChI=1S/C14H25N3O/c1-3-12-6-5-7-17(10-12)11-14-8-13(16-18-14)9-15-4-2/h8,12,15H,3-7,9-11H2,1-2H3. The van der Waals surface area contributed by atoms with Gasteiger partial charge in [0.15, 0.2) is 5.76 Å². The molecule has 1 aliphatic rings. The minimum atomic E-state index is 0.803. The Morgan fingerprint density at radius 2 is 2.39 bits per heavy atom. The van der Waals surface area contributed by atoms with E-state index in [1.165, 1.54) is 32.4 Å². The van der Waals surface area contributed by atoms with Gasteiger partial charge in [-0.15, -0.1) is 0 Å². The zero-order valence-electron chi connectivity index (χ0n) is 11.6. The Labute approximate surface area is 110 Å². The first-order valence-electron chi connectivity index (χ1n) is 7.19. The van der Waals surface area contributed by atoms with Crippen molar-refractivity contribution in [3.8, 4) is 0 Å². The fraction of sp³-hybridized carbons (Fsp3) is 0.786. The van der Waals surface area contributed by atoms with Crippen LogP contribution in [0.3, 0.4) is 0 Å². The molecule has 0 spiro atoms. The highest BCUT2D eigenvalue weighted by molar-refractivity contribution is 5.05. The van der Waals surface area contributed by atoms with Gasteiger partial charge in [-0.05, 0) is 31.8 Å². The first kappa shape index (κ1) is 13.6. The molecular formula is C14H25N3O. The van der Waals surface area contributed by atoms with Crippen molar-refractivity contribution in [2.75, 3.05) is 19.6 Å². The lowest BCUT2D eigenvalue weighted by molar-refractivity contribution is 0.150. The third-order valence-corrected chi connectivity index (χ3v) is 3.72. The molecule has 0 saturated carbocycles. The second-order valence-corrected chi connectivity index (χ2v) is 5.22. The lowest BCUT2D eigenvalue weighted by Gasteiger charge is -2.31. The number of nitrogens with zero attached hydrogens (tertiary/aromatic N) is 2. The molecule has 1 saturated heterocycles. The van der Waals surface area contributed by atoms with E-state index < -0.39 is 0 Å². The van der Waals surface area contributed by atoms with Crippen molar-refractivity contribution in [1.82, 2.24) is 15.4 Å². The average molecular weight is 251 g/mol.